The molecule has 0 aromatic heterocycles. The molecule has 100 valence electrons. The first-order valence-corrected chi connectivity index (χ1v) is 5.87. The van der Waals surface area contributed by atoms with E-state index in [1.165, 1.54) is 12.1 Å². The SMILES string of the molecule is Cc1ccc(Nc2c(N=[N+]=[N-])cccc2C(=O)O)cc1. The number of carboxylic acids is 1. The molecule has 0 aliphatic rings. The Kier molecular flexibility index (Phi) is 3.88. The minimum atomic E-state index is -1.09. The monoisotopic (exact) mass is 268 g/mol. The van der Waals surface area contributed by atoms with Crippen LogP contribution in [0.2, 0.25) is 0 Å². The molecule has 2 aromatic rings. The van der Waals surface area contributed by atoms with Crippen molar-refractivity contribution < 1.29 is 9.90 Å². The van der Waals surface area contributed by atoms with Gasteiger partial charge in [-0.1, -0.05) is 34.9 Å². The Labute approximate surface area is 115 Å². The number of carbonyl (C=O) groups is 1. The fourth-order valence-corrected chi connectivity index (χ4v) is 1.76. The number of benzene rings is 2. The first kappa shape index (κ1) is 13.5. The van der Waals surface area contributed by atoms with Gasteiger partial charge in [0.1, 0.15) is 0 Å². The van der Waals surface area contributed by atoms with E-state index in [4.69, 9.17) is 5.53 Å². The average molecular weight is 268 g/mol. The lowest BCUT2D eigenvalue weighted by Crippen LogP contribution is -2.02. The van der Waals surface area contributed by atoms with E-state index < -0.39 is 5.97 Å². The lowest BCUT2D eigenvalue weighted by atomic mass is 10.1. The van der Waals surface area contributed by atoms with Crippen LogP contribution in [0.4, 0.5) is 17.1 Å². The van der Waals surface area contributed by atoms with Crippen LogP contribution in [0.25, 0.3) is 10.4 Å². The van der Waals surface area contributed by atoms with Crippen LogP contribution in [-0.2, 0) is 0 Å². The molecule has 0 unspecified atom stereocenters. The molecule has 20 heavy (non-hydrogen) atoms. The molecular formula is C14H12N4O2. The number of hydrogen-bond acceptors (Lipinski definition) is 3. The molecule has 0 radical (unpaired) electrons. The van der Waals surface area contributed by atoms with Gasteiger partial charge >= 0.3 is 5.97 Å². The number of nitrogens with one attached hydrogen (secondary N) is 1. The van der Waals surface area contributed by atoms with Gasteiger partial charge < -0.3 is 10.4 Å². The molecule has 0 heterocycles. The second-order valence-electron chi connectivity index (χ2n) is 4.19. The maximum atomic E-state index is 11.2. The Morgan fingerprint density at radius 2 is 1.95 bits per heavy atom. The maximum Gasteiger partial charge on any atom is 0.337 e. The summed E-state index contributed by atoms with van der Waals surface area (Å²) in [6, 6.07) is 12.0. The lowest BCUT2D eigenvalue weighted by Gasteiger charge is -2.12. The first-order valence-electron chi connectivity index (χ1n) is 5.87. The third kappa shape index (κ3) is 2.88. The normalized spacial score (nSPS) is 9.65. The fraction of sp³-hybridized carbons (Fsp3) is 0.0714. The largest absolute Gasteiger partial charge is 0.478 e. The molecule has 0 saturated heterocycles. The Bertz CT molecular complexity index is 669. The maximum absolute atomic E-state index is 11.2. The molecule has 0 aliphatic heterocycles. The fourth-order valence-electron chi connectivity index (χ4n) is 1.76. The lowest BCUT2D eigenvalue weighted by molar-refractivity contribution is 0.0698. The first-order chi connectivity index (χ1) is 9.61. The highest BCUT2D eigenvalue weighted by Crippen LogP contribution is 2.32. The van der Waals surface area contributed by atoms with Gasteiger partial charge in [-0.25, -0.2) is 4.79 Å². The van der Waals surface area contributed by atoms with E-state index in [0.29, 0.717) is 0 Å². The van der Waals surface area contributed by atoms with Crippen molar-refractivity contribution in [3.63, 3.8) is 0 Å². The summed E-state index contributed by atoms with van der Waals surface area (Å²) in [6.45, 7) is 1.96. The molecule has 0 saturated carbocycles. The van der Waals surface area contributed by atoms with E-state index >= 15 is 0 Å². The zero-order chi connectivity index (χ0) is 14.5. The van der Waals surface area contributed by atoms with E-state index in [2.05, 4.69) is 15.3 Å². The van der Waals surface area contributed by atoms with Crippen LogP contribution >= 0.6 is 0 Å². The number of rotatable bonds is 4. The number of carboxylic acid groups (broad SMARTS) is 1. The summed E-state index contributed by atoms with van der Waals surface area (Å²) < 4.78 is 0. The predicted molar refractivity (Wildman–Crippen MR) is 76.7 cm³/mol. The molecule has 0 aliphatic carbocycles. The van der Waals surface area contributed by atoms with Gasteiger partial charge in [0.15, 0.2) is 0 Å². The topological polar surface area (TPSA) is 98.1 Å². The van der Waals surface area contributed by atoms with E-state index in [1.807, 2.05) is 31.2 Å². The van der Waals surface area contributed by atoms with Crippen molar-refractivity contribution in [2.24, 2.45) is 5.11 Å². The summed E-state index contributed by atoms with van der Waals surface area (Å²) in [7, 11) is 0. The molecule has 2 N–H and O–H groups in total. The van der Waals surface area contributed by atoms with Crippen molar-refractivity contribution in [2.45, 2.75) is 6.92 Å². The highest BCUT2D eigenvalue weighted by molar-refractivity contribution is 5.98. The van der Waals surface area contributed by atoms with Crippen molar-refractivity contribution in [1.29, 1.82) is 0 Å². The number of anilines is 2. The number of para-hydroxylation sites is 1. The van der Waals surface area contributed by atoms with Crippen LogP contribution in [0.5, 0.6) is 0 Å². The Morgan fingerprint density at radius 3 is 2.55 bits per heavy atom. The van der Waals surface area contributed by atoms with Crippen molar-refractivity contribution in [3.8, 4) is 0 Å². The second-order valence-corrected chi connectivity index (χ2v) is 4.19. The van der Waals surface area contributed by atoms with Crippen LogP contribution in [0, 0.1) is 6.92 Å². The highest BCUT2D eigenvalue weighted by Gasteiger charge is 2.13. The van der Waals surface area contributed by atoms with E-state index in [1.54, 1.807) is 6.07 Å². The van der Waals surface area contributed by atoms with Crippen LogP contribution in [-0.4, -0.2) is 11.1 Å². The van der Waals surface area contributed by atoms with Crippen molar-refractivity contribution >= 4 is 23.0 Å². The third-order valence-electron chi connectivity index (χ3n) is 2.75. The summed E-state index contributed by atoms with van der Waals surface area (Å²) in [4.78, 5) is 14.0. The number of aryl methyl sites for hydroxylation is 1. The zero-order valence-electron chi connectivity index (χ0n) is 10.7. The van der Waals surface area contributed by atoms with Crippen LogP contribution in [0.15, 0.2) is 47.6 Å². The average Bonchev–Trinajstić information content (AvgIpc) is 2.43. The van der Waals surface area contributed by atoms with Crippen molar-refractivity contribution in [1.82, 2.24) is 0 Å². The smallest absolute Gasteiger partial charge is 0.337 e. The van der Waals surface area contributed by atoms with Gasteiger partial charge in [0, 0.05) is 10.6 Å². The van der Waals surface area contributed by atoms with Gasteiger partial charge in [-0.05, 0) is 30.7 Å². The van der Waals surface area contributed by atoms with Gasteiger partial charge in [-0.15, -0.1) is 0 Å². The molecule has 0 bridgehead atoms. The van der Waals surface area contributed by atoms with Gasteiger partial charge in [-0.2, -0.15) is 0 Å². The van der Waals surface area contributed by atoms with Gasteiger partial charge in [-0.3, -0.25) is 0 Å². The summed E-state index contributed by atoms with van der Waals surface area (Å²) in [5.41, 5.74) is 10.9. The second kappa shape index (κ2) is 5.77. The van der Waals surface area contributed by atoms with Crippen molar-refractivity contribution in [2.75, 3.05) is 5.32 Å². The zero-order valence-corrected chi connectivity index (χ0v) is 10.7. The molecule has 0 amide bonds. The van der Waals surface area contributed by atoms with Gasteiger partial charge in [0.05, 0.1) is 16.9 Å². The van der Waals surface area contributed by atoms with Crippen LogP contribution in [0.3, 0.4) is 0 Å². The Hall–Kier alpha value is -2.98. The summed E-state index contributed by atoms with van der Waals surface area (Å²) >= 11 is 0. The molecule has 0 fully saturated rings. The molecule has 0 spiro atoms. The highest BCUT2D eigenvalue weighted by atomic mass is 16.4. The van der Waals surface area contributed by atoms with E-state index in [9.17, 15) is 9.90 Å². The van der Waals surface area contributed by atoms with Crippen LogP contribution in [0.1, 0.15) is 15.9 Å². The minimum Gasteiger partial charge on any atom is -0.478 e. The summed E-state index contributed by atoms with van der Waals surface area (Å²) in [6.07, 6.45) is 0. The number of nitrogens with zero attached hydrogens (tertiary/aromatic N) is 3. The molecule has 0 atom stereocenters. The third-order valence-corrected chi connectivity index (χ3v) is 2.75. The standard InChI is InChI=1S/C14H12N4O2/c1-9-5-7-10(8-6-9)16-13-11(14(19)20)3-2-4-12(13)17-18-15/h2-8,16H,1H3,(H,19,20). The molecule has 6 heteroatoms. The van der Waals surface area contributed by atoms with Gasteiger partial charge in [0.2, 0.25) is 0 Å². The predicted octanol–water partition coefficient (Wildman–Crippen LogP) is 4.38. The Morgan fingerprint density at radius 1 is 1.25 bits per heavy atom. The molecule has 2 rings (SSSR count). The minimum absolute atomic E-state index is 0.0514. The molecule has 2 aromatic carbocycles. The van der Waals surface area contributed by atoms with Gasteiger partial charge in [0.25, 0.3) is 0 Å². The van der Waals surface area contributed by atoms with E-state index in [0.717, 1.165) is 11.3 Å². The number of aromatic carboxylic acids is 1. The molecule has 6 nitrogen and oxygen atoms in total. The van der Waals surface area contributed by atoms with Crippen molar-refractivity contribution in [3.05, 3.63) is 64.0 Å². The quantitative estimate of drug-likeness (QED) is 0.489. The number of hydrogen-bond donors (Lipinski definition) is 2. The summed E-state index contributed by atoms with van der Waals surface area (Å²) in [5.74, 6) is -1.09. The number of azide groups is 1. The van der Waals surface area contributed by atoms with Crippen LogP contribution < -0.4 is 5.32 Å². The Balaban J connectivity index is 2.49. The molecular weight excluding hydrogens is 256 g/mol. The van der Waals surface area contributed by atoms with E-state index in [-0.39, 0.29) is 16.9 Å². The summed E-state index contributed by atoms with van der Waals surface area (Å²) in [5, 5.41) is 15.7.